The molecule has 4 rings (SSSR count). The smallest absolute Gasteiger partial charge is 0.188 e. The molecule has 0 saturated carbocycles. The van der Waals surface area contributed by atoms with E-state index in [4.69, 9.17) is 9.72 Å². The summed E-state index contributed by atoms with van der Waals surface area (Å²) in [5, 5.41) is 0.841. The summed E-state index contributed by atoms with van der Waals surface area (Å²) in [7, 11) is 1.69. The van der Waals surface area contributed by atoms with Crippen LogP contribution in [0.2, 0.25) is 0 Å². The van der Waals surface area contributed by atoms with Gasteiger partial charge in [0.15, 0.2) is 5.16 Å². The molecule has 166 valence electrons. The second-order valence-electron chi connectivity index (χ2n) is 8.10. The van der Waals surface area contributed by atoms with Gasteiger partial charge in [0.05, 0.1) is 18.5 Å². The van der Waals surface area contributed by atoms with Crippen molar-refractivity contribution >= 4 is 17.8 Å². The summed E-state index contributed by atoms with van der Waals surface area (Å²) in [5.74, 6) is 2.13. The van der Waals surface area contributed by atoms with Crippen LogP contribution in [0.15, 0.2) is 66.1 Å². The number of pyridine rings is 1. The molecule has 1 aliphatic heterocycles. The van der Waals surface area contributed by atoms with Crippen LogP contribution in [0.4, 0.5) is 0 Å². The molecule has 3 aromatic rings. The average molecular weight is 447 g/mol. The maximum absolute atomic E-state index is 5.23. The van der Waals surface area contributed by atoms with Crippen LogP contribution in [-0.4, -0.2) is 46.6 Å². The van der Waals surface area contributed by atoms with Crippen molar-refractivity contribution in [3.05, 3.63) is 83.4 Å². The van der Waals surface area contributed by atoms with Crippen molar-refractivity contribution in [2.45, 2.75) is 36.6 Å². The Balaban J connectivity index is 1.36. The minimum absolute atomic E-state index is 0.454. The van der Waals surface area contributed by atoms with Crippen molar-refractivity contribution in [1.29, 1.82) is 0 Å². The quantitative estimate of drug-likeness (QED) is 0.342. The molecule has 32 heavy (non-hydrogen) atoms. The topological polar surface area (TPSA) is 51.1 Å². The highest BCUT2D eigenvalue weighted by molar-refractivity contribution is 7.98. The SMILES string of the molecule is COc1ccc(C=CCN2CCCC(c3nc(SCc4ccccn4)ncc3C)C2)cc1. The van der Waals surface area contributed by atoms with Gasteiger partial charge in [-0.1, -0.05) is 42.1 Å². The van der Waals surface area contributed by atoms with Gasteiger partial charge in [-0.2, -0.15) is 0 Å². The van der Waals surface area contributed by atoms with Crippen molar-refractivity contribution in [2.24, 2.45) is 0 Å². The fourth-order valence-corrected chi connectivity index (χ4v) is 4.78. The number of rotatable bonds is 8. The minimum atomic E-state index is 0.454. The van der Waals surface area contributed by atoms with Crippen LogP contribution in [0.25, 0.3) is 6.08 Å². The predicted octanol–water partition coefficient (Wildman–Crippen LogP) is 5.37. The third-order valence-corrected chi connectivity index (χ3v) is 6.64. The molecule has 3 heterocycles. The summed E-state index contributed by atoms with van der Waals surface area (Å²) in [6.07, 6.45) is 10.6. The summed E-state index contributed by atoms with van der Waals surface area (Å²) in [5.41, 5.74) is 4.64. The lowest BCUT2D eigenvalue weighted by atomic mass is 9.92. The Bertz CT molecular complexity index is 1020. The lowest BCUT2D eigenvalue weighted by molar-refractivity contribution is 0.225. The van der Waals surface area contributed by atoms with Crippen LogP contribution >= 0.6 is 11.8 Å². The summed E-state index contributed by atoms with van der Waals surface area (Å²) >= 11 is 1.66. The van der Waals surface area contributed by atoms with Crippen LogP contribution in [0.5, 0.6) is 5.75 Å². The maximum Gasteiger partial charge on any atom is 0.188 e. The third kappa shape index (κ3) is 6.17. The van der Waals surface area contributed by atoms with Gasteiger partial charge in [-0.15, -0.1) is 0 Å². The molecular formula is C26H30N4OS. The zero-order valence-corrected chi connectivity index (χ0v) is 19.6. The highest BCUT2D eigenvalue weighted by Crippen LogP contribution is 2.29. The predicted molar refractivity (Wildman–Crippen MR) is 131 cm³/mol. The highest BCUT2D eigenvalue weighted by atomic mass is 32.2. The average Bonchev–Trinajstić information content (AvgIpc) is 2.85. The van der Waals surface area contributed by atoms with Gasteiger partial charge < -0.3 is 4.74 Å². The number of nitrogens with zero attached hydrogens (tertiary/aromatic N) is 4. The van der Waals surface area contributed by atoms with Gasteiger partial charge in [-0.3, -0.25) is 9.88 Å². The number of methoxy groups -OCH3 is 1. The summed E-state index contributed by atoms with van der Waals surface area (Å²) in [6.45, 7) is 5.25. The van der Waals surface area contributed by atoms with E-state index in [1.54, 1.807) is 18.9 Å². The number of aromatic nitrogens is 3. The van der Waals surface area contributed by atoms with Crippen LogP contribution in [0.3, 0.4) is 0 Å². The van der Waals surface area contributed by atoms with E-state index in [0.717, 1.165) is 42.0 Å². The van der Waals surface area contributed by atoms with E-state index in [2.05, 4.69) is 46.1 Å². The standard InChI is InChI=1S/C26H30N4OS/c1-20-17-28-26(32-19-23-9-3-4-14-27-23)29-25(20)22-8-6-16-30(18-22)15-5-7-21-10-12-24(31-2)13-11-21/h3-5,7,9-14,17,22H,6,8,15-16,18-19H2,1-2H3. The first-order chi connectivity index (χ1) is 15.7. The van der Waals surface area contributed by atoms with Gasteiger partial charge in [0, 0.05) is 37.2 Å². The molecule has 0 spiro atoms. The first-order valence-electron chi connectivity index (χ1n) is 11.1. The Morgan fingerprint density at radius 2 is 2.03 bits per heavy atom. The number of benzene rings is 1. The molecule has 0 radical (unpaired) electrons. The third-order valence-electron chi connectivity index (χ3n) is 5.75. The van der Waals surface area contributed by atoms with Gasteiger partial charge in [0.25, 0.3) is 0 Å². The molecule has 1 saturated heterocycles. The van der Waals surface area contributed by atoms with Gasteiger partial charge in [0.1, 0.15) is 5.75 Å². The fraction of sp³-hybridized carbons (Fsp3) is 0.346. The molecule has 2 aromatic heterocycles. The van der Waals surface area contributed by atoms with Gasteiger partial charge in [-0.25, -0.2) is 9.97 Å². The number of piperidine rings is 1. The molecule has 1 fully saturated rings. The first kappa shape index (κ1) is 22.5. The molecule has 5 nitrogen and oxygen atoms in total. The van der Waals surface area contributed by atoms with Crippen LogP contribution in [0.1, 0.15) is 41.3 Å². The van der Waals surface area contributed by atoms with E-state index >= 15 is 0 Å². The Kier molecular flexibility index (Phi) is 7.91. The molecule has 1 aliphatic rings. The van der Waals surface area contributed by atoms with Gasteiger partial charge in [0.2, 0.25) is 0 Å². The zero-order chi connectivity index (χ0) is 22.2. The lowest BCUT2D eigenvalue weighted by Gasteiger charge is -2.32. The second-order valence-corrected chi connectivity index (χ2v) is 9.05. The highest BCUT2D eigenvalue weighted by Gasteiger charge is 2.23. The number of thioether (sulfide) groups is 1. The molecule has 1 atom stereocenters. The first-order valence-corrected chi connectivity index (χ1v) is 12.1. The Morgan fingerprint density at radius 3 is 2.81 bits per heavy atom. The molecule has 1 unspecified atom stereocenters. The number of ether oxygens (including phenoxy) is 1. The lowest BCUT2D eigenvalue weighted by Crippen LogP contribution is -2.35. The van der Waals surface area contributed by atoms with Crippen LogP contribution in [-0.2, 0) is 5.75 Å². The summed E-state index contributed by atoms with van der Waals surface area (Å²) in [6, 6.07) is 14.2. The maximum atomic E-state index is 5.23. The van der Waals surface area contributed by atoms with Gasteiger partial charge in [-0.05, 0) is 61.7 Å². The largest absolute Gasteiger partial charge is 0.497 e. The number of aryl methyl sites for hydroxylation is 1. The Labute approximate surface area is 195 Å². The molecule has 6 heteroatoms. The van der Waals surface area contributed by atoms with Gasteiger partial charge >= 0.3 is 0 Å². The minimum Gasteiger partial charge on any atom is -0.497 e. The fourth-order valence-electron chi connectivity index (χ4n) is 4.04. The number of likely N-dealkylation sites (tertiary alicyclic amines) is 1. The molecular weight excluding hydrogens is 416 g/mol. The molecule has 0 bridgehead atoms. The number of hydrogen-bond donors (Lipinski definition) is 0. The Hall–Kier alpha value is -2.70. The monoisotopic (exact) mass is 446 g/mol. The zero-order valence-electron chi connectivity index (χ0n) is 18.8. The van der Waals surface area contributed by atoms with E-state index in [1.807, 2.05) is 42.7 Å². The normalized spacial score (nSPS) is 17.0. The Morgan fingerprint density at radius 1 is 1.16 bits per heavy atom. The molecule has 1 aromatic carbocycles. The second kappa shape index (κ2) is 11.2. The van der Waals surface area contributed by atoms with Crippen LogP contribution in [0, 0.1) is 6.92 Å². The van der Waals surface area contributed by atoms with Crippen LogP contribution < -0.4 is 4.74 Å². The molecule has 0 N–H and O–H groups in total. The summed E-state index contributed by atoms with van der Waals surface area (Å²) in [4.78, 5) is 16.4. The number of hydrogen-bond acceptors (Lipinski definition) is 6. The van der Waals surface area contributed by atoms with Crippen molar-refractivity contribution in [1.82, 2.24) is 19.9 Å². The molecule has 0 amide bonds. The van der Waals surface area contributed by atoms with E-state index in [1.165, 1.54) is 29.7 Å². The molecule has 0 aliphatic carbocycles. The van der Waals surface area contributed by atoms with Crippen molar-refractivity contribution < 1.29 is 4.74 Å². The van der Waals surface area contributed by atoms with Crippen molar-refractivity contribution in [2.75, 3.05) is 26.7 Å². The van der Waals surface area contributed by atoms with E-state index in [-0.39, 0.29) is 0 Å². The van der Waals surface area contributed by atoms with E-state index < -0.39 is 0 Å². The van der Waals surface area contributed by atoms with E-state index in [0.29, 0.717) is 5.92 Å². The van der Waals surface area contributed by atoms with E-state index in [9.17, 15) is 0 Å². The summed E-state index contributed by atoms with van der Waals surface area (Å²) < 4.78 is 5.23. The van der Waals surface area contributed by atoms with Crippen molar-refractivity contribution in [3.8, 4) is 5.75 Å². The van der Waals surface area contributed by atoms with Crippen molar-refractivity contribution in [3.63, 3.8) is 0 Å².